The Morgan fingerprint density at radius 2 is 1.46 bits per heavy atom. The van der Waals surface area contributed by atoms with E-state index in [1.54, 1.807) is 49.8 Å². The quantitative estimate of drug-likeness (QED) is 0.138. The van der Waals surface area contributed by atoms with Gasteiger partial charge in [0.25, 0.3) is 0 Å². The number of aromatic amines is 3. The number of hydrogen-bond acceptors (Lipinski definition) is 10. The summed E-state index contributed by atoms with van der Waals surface area (Å²) in [5.74, 6) is 1.76. The van der Waals surface area contributed by atoms with E-state index in [1.165, 1.54) is 4.57 Å². The van der Waals surface area contributed by atoms with E-state index < -0.39 is 5.91 Å². The maximum Gasteiger partial charge on any atom is 0.326 e. The molecular weight excluding hydrogens is 640 g/mol. The minimum Gasteiger partial charge on any atom is -0.496 e. The van der Waals surface area contributed by atoms with E-state index in [9.17, 15) is 14.4 Å². The molecule has 260 valence electrons. The highest BCUT2D eigenvalue weighted by molar-refractivity contribution is 5.94. The molecule has 0 radical (unpaired) electrons. The fourth-order valence-corrected chi connectivity index (χ4v) is 5.45. The first-order valence-electron chi connectivity index (χ1n) is 15.6. The van der Waals surface area contributed by atoms with E-state index in [0.29, 0.717) is 34.1 Å². The highest BCUT2D eigenvalue weighted by atomic mass is 16.5. The van der Waals surface area contributed by atoms with Gasteiger partial charge in [0.15, 0.2) is 11.6 Å². The minimum absolute atomic E-state index is 0. The van der Waals surface area contributed by atoms with Crippen LogP contribution in [0.1, 0.15) is 25.0 Å². The summed E-state index contributed by atoms with van der Waals surface area (Å²) in [6.45, 7) is -0.143. The summed E-state index contributed by atoms with van der Waals surface area (Å²) in [4.78, 5) is 56.2. The molecule has 2 unspecified atom stereocenters. The number of amides is 2. The molecule has 5 heterocycles. The predicted molar refractivity (Wildman–Crippen MR) is 193 cm³/mol. The number of carbonyl (C=O) groups excluding carboxylic acids is 2. The van der Waals surface area contributed by atoms with Crippen LogP contribution in [0.5, 0.6) is 5.75 Å². The van der Waals surface area contributed by atoms with Crippen molar-refractivity contribution in [1.82, 2.24) is 49.9 Å². The van der Waals surface area contributed by atoms with Gasteiger partial charge >= 0.3 is 5.69 Å². The van der Waals surface area contributed by atoms with E-state index in [1.807, 2.05) is 54.6 Å². The topological polar surface area (TPSA) is 214 Å². The second-order valence-electron chi connectivity index (χ2n) is 11.2. The number of benzene rings is 2. The van der Waals surface area contributed by atoms with E-state index in [0.717, 1.165) is 17.7 Å². The van der Waals surface area contributed by atoms with Gasteiger partial charge in [-0.25, -0.2) is 4.79 Å². The van der Waals surface area contributed by atoms with Crippen LogP contribution in [0.25, 0.3) is 34.1 Å². The van der Waals surface area contributed by atoms with Crippen LogP contribution in [0.4, 0.5) is 11.9 Å². The molecule has 0 spiro atoms. The van der Waals surface area contributed by atoms with Crippen molar-refractivity contribution in [3.63, 3.8) is 0 Å². The highest BCUT2D eigenvalue weighted by Gasteiger charge is 2.45. The lowest BCUT2D eigenvalue weighted by Crippen LogP contribution is -2.26. The van der Waals surface area contributed by atoms with Crippen molar-refractivity contribution in [3.8, 4) is 28.8 Å². The normalized spacial score (nSPS) is 14.7. The molecule has 7 aromatic rings. The second-order valence-corrected chi connectivity index (χ2v) is 11.2. The predicted octanol–water partition coefficient (Wildman–Crippen LogP) is 5.00. The number of hydrogen-bond donors (Lipinski definition) is 5. The fraction of sp³-hybridized carbons (Fsp3) is 0.147. The number of anilines is 2. The lowest BCUT2D eigenvalue weighted by atomic mass is 10.1. The molecule has 16 nitrogen and oxygen atoms in total. The van der Waals surface area contributed by atoms with Crippen LogP contribution in [0.3, 0.4) is 0 Å². The van der Waals surface area contributed by atoms with Crippen LogP contribution < -0.4 is 21.1 Å². The summed E-state index contributed by atoms with van der Waals surface area (Å²) in [6, 6.07) is 25.9. The molecule has 5 aromatic heterocycles. The third-order valence-electron chi connectivity index (χ3n) is 7.92. The zero-order valence-electron chi connectivity index (χ0n) is 26.6. The lowest BCUT2D eigenvalue weighted by molar-refractivity contribution is -0.118. The Bertz CT molecular complexity index is 2340. The number of fused-ring (bicyclic) bond motifs is 1. The Labute approximate surface area is 290 Å². The van der Waals surface area contributed by atoms with Crippen molar-refractivity contribution in [2.45, 2.75) is 18.9 Å². The van der Waals surface area contributed by atoms with Gasteiger partial charge in [-0.05, 0) is 60.4 Å². The van der Waals surface area contributed by atoms with E-state index in [-0.39, 0.29) is 49.0 Å². The second kappa shape index (κ2) is 14.0. The smallest absolute Gasteiger partial charge is 0.326 e. The van der Waals surface area contributed by atoms with Crippen LogP contribution in [-0.2, 0) is 16.1 Å². The molecular formula is C34H40N12O4. The first kappa shape index (κ1) is 31.6. The van der Waals surface area contributed by atoms with Gasteiger partial charge in [0.2, 0.25) is 23.7 Å². The highest BCUT2D eigenvalue weighted by Crippen LogP contribution is 2.50. The number of carbonyl (C=O) groups is 2. The van der Waals surface area contributed by atoms with Crippen LogP contribution >= 0.6 is 0 Å². The molecule has 2 amide bonds. The summed E-state index contributed by atoms with van der Waals surface area (Å²) < 4.78 is 6.74. The zero-order valence-corrected chi connectivity index (χ0v) is 26.6. The molecule has 0 saturated heterocycles. The van der Waals surface area contributed by atoms with E-state index >= 15 is 0 Å². The number of para-hydroxylation sites is 3. The number of nitrogens with zero attached hydrogens (tertiary/aromatic N) is 7. The number of aromatic nitrogens is 10. The van der Waals surface area contributed by atoms with Crippen molar-refractivity contribution in [2.24, 2.45) is 5.92 Å². The Morgan fingerprint density at radius 3 is 2.12 bits per heavy atom. The molecule has 8 rings (SSSR count). The number of methoxy groups -OCH3 is 1. The Kier molecular flexibility index (Phi) is 8.87. The van der Waals surface area contributed by atoms with Crippen LogP contribution in [0.15, 0.2) is 102 Å². The molecule has 0 bridgehead atoms. The standard InChI is InChI=1S/C18H17N5O2.C16H13N7O2.5H2/c1-25-15-8-3-2-6-11(15)12-10-13(12)17(24)21-18-20-16(22-23-18)14-7-4-5-9-19-14;24-13(9-23-12-7-2-1-5-10(12)18-16(23)25)19-15-20-14(21-22-15)11-6-3-4-8-17-11;;;;;/h2-9,12-13H,10H2,1H3,(H2,20,21,22,23,24);1-8H,9H2,(H,18,25)(H2,19,20,21,22,24);5*1H. The maximum absolute atomic E-state index is 12.4. The third-order valence-corrected chi connectivity index (χ3v) is 7.92. The summed E-state index contributed by atoms with van der Waals surface area (Å²) in [6.07, 6.45) is 4.11. The van der Waals surface area contributed by atoms with Crippen molar-refractivity contribution in [3.05, 3.63) is 113 Å². The van der Waals surface area contributed by atoms with E-state index in [2.05, 4.69) is 55.9 Å². The zero-order chi connectivity index (χ0) is 34.5. The van der Waals surface area contributed by atoms with Gasteiger partial charge in [-0.15, -0.1) is 10.2 Å². The van der Waals surface area contributed by atoms with Crippen LogP contribution in [0, 0.1) is 5.92 Å². The Morgan fingerprint density at radius 1 is 0.840 bits per heavy atom. The third kappa shape index (κ3) is 6.98. The monoisotopic (exact) mass is 680 g/mol. The van der Waals surface area contributed by atoms with Crippen molar-refractivity contribution >= 4 is 34.7 Å². The Balaban J connectivity index is 0.000000348. The maximum atomic E-state index is 12.4. The van der Waals surface area contributed by atoms with Gasteiger partial charge in [0, 0.05) is 25.4 Å². The van der Waals surface area contributed by atoms with E-state index in [4.69, 9.17) is 4.74 Å². The average Bonchev–Trinajstić information content (AvgIpc) is 3.40. The molecule has 1 fully saturated rings. The molecule has 2 aromatic carbocycles. The van der Waals surface area contributed by atoms with Gasteiger partial charge in [0.1, 0.15) is 23.7 Å². The fourth-order valence-electron chi connectivity index (χ4n) is 5.45. The van der Waals surface area contributed by atoms with Gasteiger partial charge in [-0.3, -0.25) is 45.0 Å². The number of H-pyrrole nitrogens is 3. The largest absolute Gasteiger partial charge is 0.496 e. The molecule has 5 N–H and O–H groups in total. The first-order valence-corrected chi connectivity index (χ1v) is 15.6. The van der Waals surface area contributed by atoms with Crippen LogP contribution in [0.2, 0.25) is 0 Å². The van der Waals surface area contributed by atoms with Gasteiger partial charge < -0.3 is 9.72 Å². The van der Waals surface area contributed by atoms with Gasteiger partial charge in [0.05, 0.1) is 18.1 Å². The minimum atomic E-state index is -0.404. The molecule has 1 saturated carbocycles. The molecule has 1 aliphatic rings. The molecule has 2 atom stereocenters. The molecule has 0 aliphatic heterocycles. The van der Waals surface area contributed by atoms with Crippen molar-refractivity contribution in [1.29, 1.82) is 0 Å². The number of pyridine rings is 2. The summed E-state index contributed by atoms with van der Waals surface area (Å²) in [5, 5.41) is 18.8. The molecule has 1 aliphatic carbocycles. The first-order chi connectivity index (χ1) is 24.5. The lowest BCUT2D eigenvalue weighted by Gasteiger charge is -2.07. The molecule has 50 heavy (non-hydrogen) atoms. The van der Waals surface area contributed by atoms with Gasteiger partial charge in [-0.1, -0.05) is 42.5 Å². The number of ether oxygens (including phenoxy) is 1. The summed E-state index contributed by atoms with van der Waals surface area (Å²) >= 11 is 0. The SMILES string of the molecule is COc1ccccc1C1CC1C(=O)Nc1n[nH]c(-c2ccccn2)n1.O=C(Cn1c(=O)[nH]c2ccccc21)Nc1n[nH]c(-c2ccccn2)n1.[HH].[HH].[HH].[HH].[HH]. The van der Waals surface area contributed by atoms with Crippen molar-refractivity contribution in [2.75, 3.05) is 17.7 Å². The number of imidazole rings is 1. The molecule has 16 heteroatoms. The average molecular weight is 681 g/mol. The van der Waals surface area contributed by atoms with Crippen LogP contribution in [-0.4, -0.2) is 68.8 Å². The summed E-state index contributed by atoms with van der Waals surface area (Å²) in [5.41, 5.74) is 3.34. The number of nitrogens with one attached hydrogen (secondary N) is 5. The van der Waals surface area contributed by atoms with Gasteiger partial charge in [-0.2, -0.15) is 9.97 Å². The number of rotatable bonds is 9. The Hall–Kier alpha value is -6.97. The summed E-state index contributed by atoms with van der Waals surface area (Å²) in [7, 11) is 1.64. The van der Waals surface area contributed by atoms with Crippen molar-refractivity contribution < 1.29 is 21.5 Å².